The van der Waals surface area contributed by atoms with Gasteiger partial charge in [-0.05, 0) is 30.7 Å². The minimum atomic E-state index is -0.501. The van der Waals surface area contributed by atoms with Gasteiger partial charge in [-0.25, -0.2) is 18.7 Å². The van der Waals surface area contributed by atoms with E-state index < -0.39 is 11.6 Å². The number of rotatable bonds is 9. The molecule has 33 heavy (non-hydrogen) atoms. The Morgan fingerprint density at radius 2 is 2.03 bits per heavy atom. The zero-order valence-electron chi connectivity index (χ0n) is 17.3. The number of amides is 1. The standard InChI is InChI=1S/C22H19ClF2N6O2/c23-5-2-6-33-20-9-19-14(7-18(20)25)10-26-22(30-19)29-17-11-27-31(12-17)13-21(32)28-16-4-1-3-15(24)8-16/h1,3-4,7-12H,2,5-6,13H2,(H,28,32)(H,26,29,30). The average Bonchev–Trinajstić information content (AvgIpc) is 3.21. The van der Waals surface area contributed by atoms with Crippen LogP contribution < -0.4 is 15.4 Å². The Kier molecular flexibility index (Phi) is 6.94. The number of benzene rings is 2. The minimum Gasteiger partial charge on any atom is -0.490 e. The summed E-state index contributed by atoms with van der Waals surface area (Å²) in [5.74, 6) is -0.518. The van der Waals surface area contributed by atoms with Gasteiger partial charge in [-0.3, -0.25) is 9.48 Å². The van der Waals surface area contributed by atoms with E-state index in [9.17, 15) is 13.6 Å². The molecule has 8 nitrogen and oxygen atoms in total. The third-order valence-corrected chi connectivity index (χ3v) is 4.74. The van der Waals surface area contributed by atoms with Gasteiger partial charge in [0.25, 0.3) is 0 Å². The van der Waals surface area contributed by atoms with Crippen LogP contribution in [0.15, 0.2) is 55.0 Å². The largest absolute Gasteiger partial charge is 0.490 e. The number of hydrogen-bond acceptors (Lipinski definition) is 6. The highest BCUT2D eigenvalue weighted by atomic mass is 35.5. The Bertz CT molecular complexity index is 1280. The molecule has 170 valence electrons. The van der Waals surface area contributed by atoms with Crippen molar-refractivity contribution >= 4 is 45.7 Å². The van der Waals surface area contributed by atoms with E-state index in [4.69, 9.17) is 16.3 Å². The summed E-state index contributed by atoms with van der Waals surface area (Å²) >= 11 is 5.63. The van der Waals surface area contributed by atoms with Gasteiger partial charge in [0, 0.05) is 35.4 Å². The van der Waals surface area contributed by atoms with E-state index >= 15 is 0 Å². The molecule has 0 aliphatic carbocycles. The van der Waals surface area contributed by atoms with E-state index in [-0.39, 0.29) is 24.1 Å². The second-order valence-electron chi connectivity index (χ2n) is 7.04. The maximum absolute atomic E-state index is 14.2. The minimum absolute atomic E-state index is 0.0704. The Morgan fingerprint density at radius 1 is 1.15 bits per heavy atom. The van der Waals surface area contributed by atoms with Gasteiger partial charge in [-0.2, -0.15) is 5.10 Å². The molecule has 0 unspecified atom stereocenters. The van der Waals surface area contributed by atoms with Crippen LogP contribution in [0.25, 0.3) is 10.9 Å². The van der Waals surface area contributed by atoms with Crippen molar-refractivity contribution in [2.45, 2.75) is 13.0 Å². The summed E-state index contributed by atoms with van der Waals surface area (Å²) in [5.41, 5.74) is 1.41. The fourth-order valence-corrected chi connectivity index (χ4v) is 3.11. The van der Waals surface area contributed by atoms with E-state index in [1.807, 2.05) is 0 Å². The monoisotopic (exact) mass is 472 g/mol. The third kappa shape index (κ3) is 5.92. The maximum atomic E-state index is 14.2. The van der Waals surface area contributed by atoms with Crippen LogP contribution in [-0.2, 0) is 11.3 Å². The van der Waals surface area contributed by atoms with Gasteiger partial charge in [-0.1, -0.05) is 6.07 Å². The van der Waals surface area contributed by atoms with Crippen molar-refractivity contribution in [2.24, 2.45) is 0 Å². The van der Waals surface area contributed by atoms with Crippen LogP contribution in [0, 0.1) is 11.6 Å². The SMILES string of the molecule is O=C(Cn1cc(Nc2ncc3cc(F)c(OCCCCl)cc3n2)cn1)Nc1cccc(F)c1. The molecule has 0 aliphatic heterocycles. The molecule has 0 spiro atoms. The summed E-state index contributed by atoms with van der Waals surface area (Å²) in [5, 5.41) is 10.2. The van der Waals surface area contributed by atoms with Crippen molar-refractivity contribution in [1.82, 2.24) is 19.7 Å². The summed E-state index contributed by atoms with van der Waals surface area (Å²) in [6.45, 7) is 0.229. The number of carbonyl (C=O) groups is 1. The van der Waals surface area contributed by atoms with Crippen LogP contribution in [0.2, 0.25) is 0 Å². The van der Waals surface area contributed by atoms with Gasteiger partial charge in [0.05, 0.1) is 24.0 Å². The topological polar surface area (TPSA) is 94.0 Å². The van der Waals surface area contributed by atoms with Crippen LogP contribution in [0.1, 0.15) is 6.42 Å². The van der Waals surface area contributed by atoms with Crippen LogP contribution >= 0.6 is 11.6 Å². The van der Waals surface area contributed by atoms with Gasteiger partial charge in [0.1, 0.15) is 12.4 Å². The first kappa shape index (κ1) is 22.4. The summed E-state index contributed by atoms with van der Waals surface area (Å²) in [4.78, 5) is 20.7. The molecule has 0 radical (unpaired) electrons. The molecule has 2 N–H and O–H groups in total. The fraction of sp³-hybridized carbons (Fsp3) is 0.182. The first-order chi connectivity index (χ1) is 16.0. The lowest BCUT2D eigenvalue weighted by atomic mass is 10.2. The maximum Gasteiger partial charge on any atom is 0.246 e. The molecule has 0 saturated heterocycles. The molecular weight excluding hydrogens is 454 g/mol. The molecule has 0 atom stereocenters. The molecule has 11 heteroatoms. The lowest BCUT2D eigenvalue weighted by molar-refractivity contribution is -0.116. The van der Waals surface area contributed by atoms with Crippen molar-refractivity contribution < 1.29 is 18.3 Å². The van der Waals surface area contributed by atoms with Crippen molar-refractivity contribution in [1.29, 1.82) is 0 Å². The van der Waals surface area contributed by atoms with Gasteiger partial charge < -0.3 is 15.4 Å². The van der Waals surface area contributed by atoms with Gasteiger partial charge in [0.15, 0.2) is 11.6 Å². The highest BCUT2D eigenvalue weighted by molar-refractivity contribution is 6.17. The summed E-state index contributed by atoms with van der Waals surface area (Å²) < 4.78 is 34.2. The number of alkyl halides is 1. The average molecular weight is 473 g/mol. The van der Waals surface area contributed by atoms with Gasteiger partial charge in [-0.15, -0.1) is 11.6 Å². The molecule has 0 bridgehead atoms. The predicted molar refractivity (Wildman–Crippen MR) is 121 cm³/mol. The molecule has 2 aromatic carbocycles. The summed E-state index contributed by atoms with van der Waals surface area (Å²) in [6, 6.07) is 8.44. The van der Waals surface area contributed by atoms with Crippen LogP contribution in [-0.4, -0.2) is 38.1 Å². The van der Waals surface area contributed by atoms with Crippen molar-refractivity contribution in [2.75, 3.05) is 23.1 Å². The second kappa shape index (κ2) is 10.2. The number of hydrogen-bond donors (Lipinski definition) is 2. The molecule has 4 aromatic rings. The van der Waals surface area contributed by atoms with Crippen molar-refractivity contribution in [3.8, 4) is 5.75 Å². The van der Waals surface area contributed by atoms with Crippen LogP contribution in [0.4, 0.5) is 26.1 Å². The number of fused-ring (bicyclic) bond motifs is 1. The molecule has 4 rings (SSSR count). The fourth-order valence-electron chi connectivity index (χ4n) is 3.00. The summed E-state index contributed by atoms with van der Waals surface area (Å²) in [6.07, 6.45) is 5.20. The quantitative estimate of drug-likeness (QED) is 0.275. The van der Waals surface area contributed by atoms with Crippen molar-refractivity contribution in [3.05, 3.63) is 66.6 Å². The molecule has 0 saturated carbocycles. The van der Waals surface area contributed by atoms with Crippen molar-refractivity contribution in [3.63, 3.8) is 0 Å². The Balaban J connectivity index is 1.41. The molecule has 0 aliphatic rings. The number of anilines is 3. The molecule has 2 heterocycles. The van der Waals surface area contributed by atoms with Gasteiger partial charge in [0.2, 0.25) is 11.9 Å². The number of carbonyl (C=O) groups excluding carboxylic acids is 1. The van der Waals surface area contributed by atoms with E-state index in [0.29, 0.717) is 41.2 Å². The number of halogens is 3. The number of aromatic nitrogens is 4. The summed E-state index contributed by atoms with van der Waals surface area (Å²) in [7, 11) is 0. The Labute approximate surface area is 192 Å². The second-order valence-corrected chi connectivity index (χ2v) is 7.41. The van der Waals surface area contributed by atoms with E-state index in [2.05, 4.69) is 25.7 Å². The number of nitrogens with one attached hydrogen (secondary N) is 2. The third-order valence-electron chi connectivity index (χ3n) is 4.47. The highest BCUT2D eigenvalue weighted by Crippen LogP contribution is 2.25. The lowest BCUT2D eigenvalue weighted by Gasteiger charge is -2.08. The zero-order valence-corrected chi connectivity index (χ0v) is 18.0. The van der Waals surface area contributed by atoms with Gasteiger partial charge >= 0.3 is 0 Å². The Hall–Kier alpha value is -3.79. The number of ether oxygens (including phenoxy) is 1. The van der Waals surface area contributed by atoms with E-state index in [1.165, 1.54) is 47.4 Å². The van der Waals surface area contributed by atoms with Crippen LogP contribution in [0.5, 0.6) is 5.75 Å². The molecular formula is C22H19ClF2N6O2. The smallest absolute Gasteiger partial charge is 0.246 e. The molecule has 0 fully saturated rings. The lowest BCUT2D eigenvalue weighted by Crippen LogP contribution is -2.19. The molecule has 1 amide bonds. The normalized spacial score (nSPS) is 10.9. The zero-order chi connectivity index (χ0) is 23.2. The predicted octanol–water partition coefficient (Wildman–Crippen LogP) is 4.49. The first-order valence-corrected chi connectivity index (χ1v) is 10.5. The van der Waals surface area contributed by atoms with Crippen LogP contribution in [0.3, 0.4) is 0 Å². The number of nitrogens with zero attached hydrogens (tertiary/aromatic N) is 4. The highest BCUT2D eigenvalue weighted by Gasteiger charge is 2.10. The molecule has 2 aromatic heterocycles. The van der Waals surface area contributed by atoms with E-state index in [1.54, 1.807) is 12.3 Å². The first-order valence-electron chi connectivity index (χ1n) is 10.00. The Morgan fingerprint density at radius 3 is 2.85 bits per heavy atom. The van der Waals surface area contributed by atoms with E-state index in [0.717, 1.165) is 0 Å².